The van der Waals surface area contributed by atoms with Crippen LogP contribution < -0.4 is 4.74 Å². The second kappa shape index (κ2) is 5.32. The van der Waals surface area contributed by atoms with Gasteiger partial charge in [0.05, 0.1) is 0 Å². The van der Waals surface area contributed by atoms with E-state index >= 15 is 0 Å². The molecule has 1 aromatic heterocycles. The molecular weight excluding hydrogens is 276 g/mol. The maximum Gasteiger partial charge on any atom is 0.487 e. The Kier molecular flexibility index (Phi) is 3.76. The van der Waals surface area contributed by atoms with Gasteiger partial charge in [0.2, 0.25) is 0 Å². The lowest BCUT2D eigenvalue weighted by atomic mass is 10.1. The topological polar surface area (TPSA) is 39.2 Å². The summed E-state index contributed by atoms with van der Waals surface area (Å²) in [4.78, 5) is 14.6. The average molecular weight is 284 g/mol. The largest absolute Gasteiger partial charge is 0.487 e. The van der Waals surface area contributed by atoms with Crippen molar-refractivity contribution in [3.63, 3.8) is 0 Å². The minimum absolute atomic E-state index is 0.0525. The molecule has 2 rings (SSSR count). The second-order valence-electron chi connectivity index (χ2n) is 3.70. The molecule has 0 saturated carbocycles. The first-order chi connectivity index (χ1) is 8.98. The zero-order chi connectivity index (χ0) is 13.9. The van der Waals surface area contributed by atoms with Crippen molar-refractivity contribution >= 4 is 17.9 Å². The van der Waals surface area contributed by atoms with Crippen molar-refractivity contribution in [1.82, 2.24) is 4.98 Å². The van der Waals surface area contributed by atoms with E-state index in [1.54, 1.807) is 24.4 Å². The quantitative estimate of drug-likeness (QED) is 0.634. The predicted octanol–water partition coefficient (Wildman–Crippen LogP) is 3.73. The van der Waals surface area contributed by atoms with E-state index in [9.17, 15) is 13.6 Å². The minimum Gasteiger partial charge on any atom is -0.420 e. The van der Waals surface area contributed by atoms with Crippen molar-refractivity contribution in [3.05, 3.63) is 48.3 Å². The summed E-state index contributed by atoms with van der Waals surface area (Å²) in [5, 5.41) is 0. The summed E-state index contributed by atoms with van der Waals surface area (Å²) in [5.41, 5.74) is -1.87. The maximum absolute atomic E-state index is 12.4. The third-order valence-corrected chi connectivity index (χ3v) is 2.39. The molecule has 19 heavy (non-hydrogen) atoms. The number of aldehydes is 1. The molecule has 0 spiro atoms. The molecule has 0 saturated heterocycles. The fraction of sp³-hybridized carbons (Fsp3) is 0.0769. The molecule has 1 aromatic carbocycles. The Morgan fingerprint density at radius 2 is 1.84 bits per heavy atom. The van der Waals surface area contributed by atoms with Gasteiger partial charge in [-0.3, -0.25) is 9.78 Å². The summed E-state index contributed by atoms with van der Waals surface area (Å²) < 4.78 is 29.0. The molecule has 1 heterocycles. The van der Waals surface area contributed by atoms with Gasteiger partial charge in [-0.2, -0.15) is 0 Å². The first-order valence-electron chi connectivity index (χ1n) is 5.24. The van der Waals surface area contributed by atoms with Gasteiger partial charge < -0.3 is 4.74 Å². The van der Waals surface area contributed by atoms with Gasteiger partial charge in [0.25, 0.3) is 0 Å². The molecule has 0 aliphatic rings. The molecule has 0 radical (unpaired) electrons. The van der Waals surface area contributed by atoms with Crippen LogP contribution >= 0.6 is 11.6 Å². The van der Waals surface area contributed by atoms with Crippen molar-refractivity contribution in [3.8, 4) is 16.9 Å². The summed E-state index contributed by atoms with van der Waals surface area (Å²) in [5.74, 6) is -0.0525. The molecule has 0 bridgehead atoms. The van der Waals surface area contributed by atoms with Gasteiger partial charge in [-0.25, -0.2) is 0 Å². The average Bonchev–Trinajstić information content (AvgIpc) is 2.38. The van der Waals surface area contributed by atoms with E-state index < -0.39 is 5.57 Å². The number of hydrogen-bond donors (Lipinski definition) is 0. The van der Waals surface area contributed by atoms with E-state index in [-0.39, 0.29) is 5.75 Å². The molecular formula is C13H8ClF2NO2. The fourth-order valence-corrected chi connectivity index (χ4v) is 1.62. The third kappa shape index (κ3) is 3.72. The number of alkyl halides is 3. The Morgan fingerprint density at radius 1 is 1.16 bits per heavy atom. The SMILES string of the molecule is O=Cc1cncc(-c2ccc(OC(F)(F)Cl)cc2)c1. The van der Waals surface area contributed by atoms with Gasteiger partial charge in [-0.15, -0.1) is 8.78 Å². The molecule has 98 valence electrons. The van der Waals surface area contributed by atoms with Crippen LogP contribution in [0.1, 0.15) is 10.4 Å². The van der Waals surface area contributed by atoms with E-state index in [0.29, 0.717) is 17.4 Å². The zero-order valence-electron chi connectivity index (χ0n) is 9.52. The van der Waals surface area contributed by atoms with Gasteiger partial charge in [-0.1, -0.05) is 12.1 Å². The van der Waals surface area contributed by atoms with E-state index in [4.69, 9.17) is 0 Å². The van der Waals surface area contributed by atoms with E-state index in [0.717, 1.165) is 5.56 Å². The third-order valence-electron chi connectivity index (χ3n) is 2.32. The normalized spacial score (nSPS) is 11.1. The summed E-state index contributed by atoms with van der Waals surface area (Å²) in [6, 6.07) is 7.51. The second-order valence-corrected chi connectivity index (χ2v) is 4.14. The number of pyridine rings is 1. The van der Waals surface area contributed by atoms with Crippen LogP contribution in [0.5, 0.6) is 5.75 Å². The van der Waals surface area contributed by atoms with Crippen LogP contribution in [0.3, 0.4) is 0 Å². The van der Waals surface area contributed by atoms with Crippen LogP contribution in [0.4, 0.5) is 8.78 Å². The monoisotopic (exact) mass is 283 g/mol. The minimum atomic E-state index is -3.74. The molecule has 0 atom stereocenters. The molecule has 0 unspecified atom stereocenters. The number of ether oxygens (including phenoxy) is 1. The van der Waals surface area contributed by atoms with Crippen LogP contribution in [0, 0.1) is 0 Å². The lowest BCUT2D eigenvalue weighted by molar-refractivity contribution is -0.0964. The van der Waals surface area contributed by atoms with Gasteiger partial charge in [0, 0.05) is 35.1 Å². The molecule has 0 aliphatic carbocycles. The van der Waals surface area contributed by atoms with Crippen molar-refractivity contribution in [2.45, 2.75) is 5.57 Å². The number of nitrogens with zero attached hydrogens (tertiary/aromatic N) is 1. The number of carbonyl (C=O) groups excluding carboxylic acids is 1. The number of halogens is 3. The van der Waals surface area contributed by atoms with Crippen molar-refractivity contribution < 1.29 is 18.3 Å². The molecule has 0 fully saturated rings. The predicted molar refractivity (Wildman–Crippen MR) is 66.5 cm³/mol. The Morgan fingerprint density at radius 3 is 2.42 bits per heavy atom. The Balaban J connectivity index is 2.24. The van der Waals surface area contributed by atoms with E-state index in [1.165, 1.54) is 18.3 Å². The molecule has 0 N–H and O–H groups in total. The van der Waals surface area contributed by atoms with Gasteiger partial charge >= 0.3 is 5.57 Å². The van der Waals surface area contributed by atoms with Crippen LogP contribution in [-0.4, -0.2) is 16.8 Å². The highest BCUT2D eigenvalue weighted by Crippen LogP contribution is 2.27. The molecule has 6 heteroatoms. The first-order valence-corrected chi connectivity index (χ1v) is 5.62. The lowest BCUT2D eigenvalue weighted by Gasteiger charge is -2.10. The first kappa shape index (κ1) is 13.4. The number of hydrogen-bond acceptors (Lipinski definition) is 3. The Hall–Kier alpha value is -2.01. The highest BCUT2D eigenvalue weighted by atomic mass is 35.5. The lowest BCUT2D eigenvalue weighted by Crippen LogP contribution is -2.15. The van der Waals surface area contributed by atoms with Gasteiger partial charge in [0.1, 0.15) is 5.75 Å². The standard InChI is InChI=1S/C13H8ClF2NO2/c14-13(15,16)19-12-3-1-10(2-4-12)11-5-9(8-18)6-17-7-11/h1-8H. The molecule has 0 aliphatic heterocycles. The van der Waals surface area contributed by atoms with Crippen LogP contribution in [0.15, 0.2) is 42.7 Å². The van der Waals surface area contributed by atoms with Gasteiger partial charge in [0.15, 0.2) is 6.29 Å². The summed E-state index contributed by atoms with van der Waals surface area (Å²) in [7, 11) is 0. The van der Waals surface area contributed by atoms with Gasteiger partial charge in [-0.05, 0) is 23.8 Å². The number of benzene rings is 1. The molecule has 3 nitrogen and oxygen atoms in total. The smallest absolute Gasteiger partial charge is 0.420 e. The number of carbonyl (C=O) groups is 1. The van der Waals surface area contributed by atoms with E-state index in [1.807, 2.05) is 0 Å². The number of aromatic nitrogens is 1. The molecule has 2 aromatic rings. The highest BCUT2D eigenvalue weighted by Gasteiger charge is 2.27. The Labute approximate surface area is 112 Å². The van der Waals surface area contributed by atoms with Crippen molar-refractivity contribution in [2.75, 3.05) is 0 Å². The summed E-state index contributed by atoms with van der Waals surface area (Å²) in [6.07, 6.45) is 3.68. The fourth-order valence-electron chi connectivity index (χ4n) is 1.53. The summed E-state index contributed by atoms with van der Waals surface area (Å²) in [6.45, 7) is 0. The number of rotatable bonds is 4. The van der Waals surface area contributed by atoms with Crippen molar-refractivity contribution in [1.29, 1.82) is 0 Å². The van der Waals surface area contributed by atoms with Crippen molar-refractivity contribution in [2.24, 2.45) is 0 Å². The summed E-state index contributed by atoms with van der Waals surface area (Å²) >= 11 is 4.66. The van der Waals surface area contributed by atoms with E-state index in [2.05, 4.69) is 21.3 Å². The van der Waals surface area contributed by atoms with Crippen LogP contribution in [-0.2, 0) is 0 Å². The highest BCUT2D eigenvalue weighted by molar-refractivity contribution is 6.20. The van der Waals surface area contributed by atoms with Crippen LogP contribution in [0.25, 0.3) is 11.1 Å². The molecule has 0 amide bonds. The Bertz CT molecular complexity index is 582. The maximum atomic E-state index is 12.4. The zero-order valence-corrected chi connectivity index (χ0v) is 10.3. The van der Waals surface area contributed by atoms with Crippen LogP contribution in [0.2, 0.25) is 0 Å².